The molecule has 1 aliphatic carbocycles. The molecule has 2 unspecified atom stereocenters. The van der Waals surface area contributed by atoms with Crippen molar-refractivity contribution in [1.29, 1.82) is 0 Å². The first-order valence-electron chi connectivity index (χ1n) is 7.27. The van der Waals surface area contributed by atoms with Gasteiger partial charge < -0.3 is 10.4 Å². The van der Waals surface area contributed by atoms with Gasteiger partial charge in [0.2, 0.25) is 0 Å². The van der Waals surface area contributed by atoms with Gasteiger partial charge in [0.05, 0.1) is 0 Å². The van der Waals surface area contributed by atoms with Gasteiger partial charge in [-0.05, 0) is 61.7 Å². The van der Waals surface area contributed by atoms with E-state index in [2.05, 4.69) is 29.8 Å². The highest BCUT2D eigenvalue weighted by molar-refractivity contribution is 7.10. The molecule has 1 aromatic heterocycles. The Morgan fingerprint density at radius 2 is 2.20 bits per heavy atom. The van der Waals surface area contributed by atoms with E-state index in [1.807, 2.05) is 30.4 Å². The Morgan fingerprint density at radius 1 is 1.35 bits per heavy atom. The molecule has 2 N–H and O–H groups in total. The fraction of sp³-hybridized carbons (Fsp3) is 0.412. The zero-order valence-corrected chi connectivity index (χ0v) is 12.8. The van der Waals surface area contributed by atoms with Crippen molar-refractivity contribution in [2.24, 2.45) is 0 Å². The molecule has 0 fully saturated rings. The Kier molecular flexibility index (Phi) is 3.81. The van der Waals surface area contributed by atoms with Gasteiger partial charge >= 0.3 is 0 Å². The summed E-state index contributed by atoms with van der Waals surface area (Å²) in [6.07, 6.45) is 3.65. The van der Waals surface area contributed by atoms with Crippen molar-refractivity contribution < 1.29 is 5.11 Å². The lowest BCUT2D eigenvalue weighted by Crippen LogP contribution is -2.27. The van der Waals surface area contributed by atoms with Crippen LogP contribution in [-0.4, -0.2) is 5.11 Å². The molecule has 0 saturated heterocycles. The summed E-state index contributed by atoms with van der Waals surface area (Å²) >= 11 is 1.87. The summed E-state index contributed by atoms with van der Waals surface area (Å²) in [7, 11) is 0. The van der Waals surface area contributed by atoms with Gasteiger partial charge in [-0.3, -0.25) is 0 Å². The Hall–Kier alpha value is -1.32. The summed E-state index contributed by atoms with van der Waals surface area (Å²) in [6, 6.07) is 8.75. The number of benzene rings is 1. The molecule has 0 aliphatic heterocycles. The highest BCUT2D eigenvalue weighted by atomic mass is 32.1. The summed E-state index contributed by atoms with van der Waals surface area (Å²) in [5.41, 5.74) is 3.54. The second-order valence-corrected chi connectivity index (χ2v) is 6.70. The van der Waals surface area contributed by atoms with E-state index in [0.717, 1.165) is 11.1 Å². The molecule has 1 aromatic carbocycles. The standard InChI is InChI=1S/C17H21NOS/c1-11-6-7-13(16(19)10-11)12(2)18-15-4-3-5-17-14(15)8-9-20-17/h6-10,12,15,18-19H,3-5H2,1-2H3. The van der Waals surface area contributed by atoms with Gasteiger partial charge in [-0.2, -0.15) is 0 Å². The van der Waals surface area contributed by atoms with Gasteiger partial charge in [-0.25, -0.2) is 0 Å². The zero-order chi connectivity index (χ0) is 14.1. The highest BCUT2D eigenvalue weighted by Gasteiger charge is 2.23. The first-order valence-corrected chi connectivity index (χ1v) is 8.15. The van der Waals surface area contributed by atoms with Crippen molar-refractivity contribution in [3.05, 3.63) is 51.2 Å². The average molecular weight is 287 g/mol. The first-order chi connectivity index (χ1) is 9.65. The number of hydrogen-bond donors (Lipinski definition) is 2. The molecule has 106 valence electrons. The number of aromatic hydroxyl groups is 1. The summed E-state index contributed by atoms with van der Waals surface area (Å²) in [6.45, 7) is 4.13. The molecule has 2 atom stereocenters. The van der Waals surface area contributed by atoms with E-state index in [0.29, 0.717) is 11.8 Å². The third-order valence-electron chi connectivity index (χ3n) is 4.16. The predicted molar refractivity (Wildman–Crippen MR) is 84.4 cm³/mol. The van der Waals surface area contributed by atoms with Crippen LogP contribution in [-0.2, 0) is 6.42 Å². The third-order valence-corrected chi connectivity index (χ3v) is 5.15. The molecule has 1 heterocycles. The molecule has 0 saturated carbocycles. The minimum absolute atomic E-state index is 0.159. The predicted octanol–water partition coefficient (Wildman–Crippen LogP) is 4.49. The van der Waals surface area contributed by atoms with Crippen LogP contribution in [0.25, 0.3) is 0 Å². The van der Waals surface area contributed by atoms with Crippen LogP contribution in [0, 0.1) is 6.92 Å². The molecule has 1 aliphatic rings. The molecule has 3 heteroatoms. The van der Waals surface area contributed by atoms with Gasteiger partial charge in [0.25, 0.3) is 0 Å². The Bertz CT molecular complexity index is 605. The summed E-state index contributed by atoms with van der Waals surface area (Å²) in [4.78, 5) is 1.52. The molecule has 20 heavy (non-hydrogen) atoms. The van der Waals surface area contributed by atoms with Crippen molar-refractivity contribution in [3.63, 3.8) is 0 Å². The SMILES string of the molecule is Cc1ccc(C(C)NC2CCCc3sccc32)c(O)c1. The molecule has 2 nitrogen and oxygen atoms in total. The van der Waals surface area contributed by atoms with Crippen molar-refractivity contribution >= 4 is 11.3 Å². The van der Waals surface area contributed by atoms with Crippen molar-refractivity contribution in [2.45, 2.75) is 45.2 Å². The third kappa shape index (κ3) is 2.60. The van der Waals surface area contributed by atoms with Crippen LogP contribution in [0.15, 0.2) is 29.6 Å². The number of rotatable bonds is 3. The topological polar surface area (TPSA) is 32.3 Å². The fourth-order valence-corrected chi connectivity index (χ4v) is 4.06. The maximum atomic E-state index is 10.1. The van der Waals surface area contributed by atoms with Gasteiger partial charge in [-0.15, -0.1) is 11.3 Å². The van der Waals surface area contributed by atoms with Crippen LogP contribution in [0.5, 0.6) is 5.75 Å². The smallest absolute Gasteiger partial charge is 0.120 e. The fourth-order valence-electron chi connectivity index (χ4n) is 3.07. The lowest BCUT2D eigenvalue weighted by atomic mass is 9.92. The van der Waals surface area contributed by atoms with E-state index in [4.69, 9.17) is 0 Å². The molecular formula is C17H21NOS. The molecule has 0 radical (unpaired) electrons. The largest absolute Gasteiger partial charge is 0.508 e. The van der Waals surface area contributed by atoms with Crippen LogP contribution in [0.3, 0.4) is 0 Å². The number of aryl methyl sites for hydroxylation is 2. The van der Waals surface area contributed by atoms with Crippen molar-refractivity contribution in [2.75, 3.05) is 0 Å². The zero-order valence-electron chi connectivity index (χ0n) is 12.0. The van der Waals surface area contributed by atoms with Gasteiger partial charge in [0, 0.05) is 22.5 Å². The molecule has 2 aromatic rings. The van der Waals surface area contributed by atoms with Crippen molar-refractivity contribution in [1.82, 2.24) is 5.32 Å². The summed E-state index contributed by atoms with van der Waals surface area (Å²) in [5, 5.41) is 16.0. The van der Waals surface area contributed by atoms with E-state index < -0.39 is 0 Å². The number of thiophene rings is 1. The van der Waals surface area contributed by atoms with Crippen LogP contribution >= 0.6 is 11.3 Å². The van der Waals surface area contributed by atoms with Crippen molar-refractivity contribution in [3.8, 4) is 5.75 Å². The van der Waals surface area contributed by atoms with Crippen LogP contribution in [0.2, 0.25) is 0 Å². The lowest BCUT2D eigenvalue weighted by Gasteiger charge is -2.27. The van der Waals surface area contributed by atoms with E-state index >= 15 is 0 Å². The van der Waals surface area contributed by atoms with Gasteiger partial charge in [0.15, 0.2) is 0 Å². The summed E-state index contributed by atoms with van der Waals surface area (Å²) in [5.74, 6) is 0.395. The maximum absolute atomic E-state index is 10.1. The molecular weight excluding hydrogens is 266 g/mol. The average Bonchev–Trinajstić information content (AvgIpc) is 2.87. The highest BCUT2D eigenvalue weighted by Crippen LogP contribution is 2.35. The van der Waals surface area contributed by atoms with Gasteiger partial charge in [-0.1, -0.05) is 12.1 Å². The van der Waals surface area contributed by atoms with Gasteiger partial charge in [0.1, 0.15) is 5.75 Å². The molecule has 0 amide bonds. The Labute approximate surface area is 124 Å². The Morgan fingerprint density at radius 3 is 3.00 bits per heavy atom. The number of hydrogen-bond acceptors (Lipinski definition) is 3. The monoisotopic (exact) mass is 287 g/mol. The number of phenols is 1. The van der Waals surface area contributed by atoms with E-state index in [-0.39, 0.29) is 6.04 Å². The first kappa shape index (κ1) is 13.7. The minimum Gasteiger partial charge on any atom is -0.508 e. The van der Waals surface area contributed by atoms with E-state index in [9.17, 15) is 5.11 Å². The molecule has 0 bridgehead atoms. The van der Waals surface area contributed by atoms with E-state index in [1.165, 1.54) is 29.7 Å². The number of fused-ring (bicyclic) bond motifs is 1. The summed E-state index contributed by atoms with van der Waals surface area (Å²) < 4.78 is 0. The van der Waals surface area contributed by atoms with Crippen LogP contribution < -0.4 is 5.32 Å². The maximum Gasteiger partial charge on any atom is 0.120 e. The Balaban J connectivity index is 1.79. The second-order valence-electron chi connectivity index (χ2n) is 5.69. The minimum atomic E-state index is 0.159. The normalized spacial score (nSPS) is 19.6. The van der Waals surface area contributed by atoms with E-state index in [1.54, 1.807) is 0 Å². The molecule has 3 rings (SSSR count). The number of nitrogens with one attached hydrogen (secondary N) is 1. The second kappa shape index (κ2) is 5.58. The quantitative estimate of drug-likeness (QED) is 0.871. The van der Waals surface area contributed by atoms with Crippen LogP contribution in [0.1, 0.15) is 53.4 Å². The molecule has 0 spiro atoms. The lowest BCUT2D eigenvalue weighted by molar-refractivity contribution is 0.402. The number of phenolic OH excluding ortho intramolecular Hbond substituents is 1. The van der Waals surface area contributed by atoms with Crippen LogP contribution in [0.4, 0.5) is 0 Å².